The van der Waals surface area contributed by atoms with Crippen LogP contribution in [-0.2, 0) is 33.4 Å². The number of nitrogens with two attached hydrogens (primary N) is 2. The van der Waals surface area contributed by atoms with E-state index in [2.05, 4.69) is 55.2 Å². The van der Waals surface area contributed by atoms with Crippen LogP contribution < -0.4 is 11.5 Å². The second-order valence-corrected chi connectivity index (χ2v) is 22.5. The van der Waals surface area contributed by atoms with Crippen LogP contribution in [-0.4, -0.2) is 99.2 Å². The molecule has 0 aromatic carbocycles. The normalized spacial score (nSPS) is 13.3. The number of carboxylic acids is 1. The number of aliphatic carboxylic acids is 1. The first-order valence-electron chi connectivity index (χ1n) is 11.5. The van der Waals surface area contributed by atoms with E-state index in [0.29, 0.717) is 0 Å². The number of esters is 2. The zero-order chi connectivity index (χ0) is 30.5. The van der Waals surface area contributed by atoms with Gasteiger partial charge in [-0.15, -0.1) is 0 Å². The fourth-order valence-corrected chi connectivity index (χ4v) is 4.13. The maximum absolute atomic E-state index is 12.4. The molecule has 0 aromatic heterocycles. The zero-order valence-electron chi connectivity index (χ0n) is 22.5. The maximum atomic E-state index is 12.4. The van der Waals surface area contributed by atoms with E-state index in [9.17, 15) is 32.3 Å². The smallest absolute Gasteiger partial charge is 0.475 e. The second kappa shape index (κ2) is 16.9. The number of halogens is 4. The van der Waals surface area contributed by atoms with Crippen LogP contribution in [0.25, 0.3) is 0 Å². The van der Waals surface area contributed by atoms with E-state index in [1.165, 1.54) is 0 Å². The zero-order valence-corrected chi connectivity index (χ0v) is 26.1. The first-order chi connectivity index (χ1) is 17.0. The van der Waals surface area contributed by atoms with Crippen LogP contribution in [0.15, 0.2) is 0 Å². The molecule has 222 valence electrons. The molecule has 0 fully saturated rings. The largest absolute Gasteiger partial charge is 0.490 e. The summed E-state index contributed by atoms with van der Waals surface area (Å²) in [6.45, 7) is 13.1. The van der Waals surface area contributed by atoms with E-state index >= 15 is 0 Å². The molecular weight excluding hydrogens is 615 g/mol. The van der Waals surface area contributed by atoms with E-state index in [1.54, 1.807) is 0 Å². The van der Waals surface area contributed by atoms with Crippen LogP contribution in [0.5, 0.6) is 0 Å². The summed E-state index contributed by atoms with van der Waals surface area (Å²) >= 11 is 3.05. The average Bonchev–Trinajstić information content (AvgIpc) is 2.73. The summed E-state index contributed by atoms with van der Waals surface area (Å²) < 4.78 is 42.2. The molecule has 0 saturated carbocycles. The summed E-state index contributed by atoms with van der Waals surface area (Å²) in [6.07, 6.45) is -5.49. The third-order valence-electron chi connectivity index (χ3n) is 4.65. The lowest BCUT2D eigenvalue weighted by atomic mass is 10.1. The standard InChI is InChI=1S/C19H38BrN3O6Si2.C2HF3O2/c1-30(2,3)9-7-28-17(25)11-15(18(22)26)23(16(24)12-20)13-14(21)19(27)29-8-10-31(4,5)6;3-2(4,5)1(6)7/h14-15H,7-13,21H2,1-6H3,(H2,22,26);(H,6,7)/t14-,15+;/m1./s1. The Kier molecular flexibility index (Phi) is 16.9. The predicted octanol–water partition coefficient (Wildman–Crippen LogP) is 2.18. The van der Waals surface area contributed by atoms with Gasteiger partial charge in [0.2, 0.25) is 11.8 Å². The molecule has 0 radical (unpaired) electrons. The quantitative estimate of drug-likeness (QED) is 0.144. The molecule has 2 atom stereocenters. The van der Waals surface area contributed by atoms with Gasteiger partial charge in [-0.05, 0) is 12.1 Å². The minimum absolute atomic E-state index is 0.126. The number of rotatable bonds is 14. The van der Waals surface area contributed by atoms with Gasteiger partial charge in [0.25, 0.3) is 0 Å². The van der Waals surface area contributed by atoms with Crippen molar-refractivity contribution in [3.8, 4) is 0 Å². The molecule has 0 heterocycles. The van der Waals surface area contributed by atoms with Crippen LogP contribution in [0.3, 0.4) is 0 Å². The molecule has 0 bridgehead atoms. The summed E-state index contributed by atoms with van der Waals surface area (Å²) in [7, 11) is -2.78. The Balaban J connectivity index is 0. The third-order valence-corrected chi connectivity index (χ3v) is 8.54. The first-order valence-corrected chi connectivity index (χ1v) is 20.1. The summed E-state index contributed by atoms with van der Waals surface area (Å²) in [4.78, 5) is 58.8. The van der Waals surface area contributed by atoms with Crippen molar-refractivity contribution in [2.75, 3.05) is 25.1 Å². The number of ether oxygens (including phenoxy) is 2. The Morgan fingerprint density at radius 1 is 0.947 bits per heavy atom. The highest BCUT2D eigenvalue weighted by Gasteiger charge is 2.38. The molecule has 2 amide bonds. The topological polar surface area (TPSA) is 179 Å². The molecule has 0 saturated heterocycles. The van der Waals surface area contributed by atoms with Gasteiger partial charge in [0.1, 0.15) is 12.1 Å². The SMILES string of the molecule is C[Si](C)(C)CCOC(=O)C[C@@H](C(N)=O)N(C[C@@H](N)C(=O)OCC[Si](C)(C)C)C(=O)CBr.O=C(O)C(F)(F)F. The van der Waals surface area contributed by atoms with E-state index in [-0.39, 0.29) is 25.1 Å². The van der Waals surface area contributed by atoms with Gasteiger partial charge in [-0.2, -0.15) is 13.2 Å². The molecule has 0 aliphatic carbocycles. The summed E-state index contributed by atoms with van der Waals surface area (Å²) in [5.41, 5.74) is 11.4. The molecule has 0 aliphatic heterocycles. The van der Waals surface area contributed by atoms with Gasteiger partial charge in [0, 0.05) is 22.7 Å². The van der Waals surface area contributed by atoms with Crippen molar-refractivity contribution in [3.63, 3.8) is 0 Å². The van der Waals surface area contributed by atoms with Crippen LogP contribution >= 0.6 is 15.9 Å². The highest BCUT2D eigenvalue weighted by atomic mass is 79.9. The molecule has 11 nitrogen and oxygen atoms in total. The molecule has 0 unspecified atom stereocenters. The summed E-state index contributed by atoms with van der Waals surface area (Å²) in [6, 6.07) is -0.888. The van der Waals surface area contributed by atoms with Crippen molar-refractivity contribution in [2.45, 2.75) is 76.1 Å². The molecule has 38 heavy (non-hydrogen) atoms. The number of hydrogen-bond donors (Lipinski definition) is 3. The van der Waals surface area contributed by atoms with Crippen LogP contribution in [0, 0.1) is 0 Å². The second-order valence-electron chi connectivity index (χ2n) is 10.7. The van der Waals surface area contributed by atoms with Gasteiger partial charge in [-0.25, -0.2) is 4.79 Å². The Morgan fingerprint density at radius 2 is 1.37 bits per heavy atom. The highest BCUT2D eigenvalue weighted by Crippen LogP contribution is 2.14. The highest BCUT2D eigenvalue weighted by molar-refractivity contribution is 9.09. The van der Waals surface area contributed by atoms with E-state index in [1.807, 2.05) is 0 Å². The number of carboxylic acid groups (broad SMARTS) is 1. The van der Waals surface area contributed by atoms with Crippen molar-refractivity contribution in [1.29, 1.82) is 0 Å². The van der Waals surface area contributed by atoms with Gasteiger partial charge in [-0.3, -0.25) is 19.2 Å². The van der Waals surface area contributed by atoms with Crippen LogP contribution in [0.4, 0.5) is 13.2 Å². The minimum Gasteiger partial charge on any atom is -0.475 e. The fourth-order valence-electron chi connectivity index (χ4n) is 2.38. The minimum atomic E-state index is -5.08. The number of primary amides is 1. The number of alkyl halides is 4. The number of amides is 2. The van der Waals surface area contributed by atoms with Crippen molar-refractivity contribution < 1.29 is 51.7 Å². The fraction of sp³-hybridized carbons (Fsp3) is 0.762. The summed E-state index contributed by atoms with van der Waals surface area (Å²) in [5, 5.41) is 7.00. The van der Waals surface area contributed by atoms with Gasteiger partial charge in [0.15, 0.2) is 0 Å². The molecule has 0 spiro atoms. The van der Waals surface area contributed by atoms with Crippen molar-refractivity contribution in [1.82, 2.24) is 4.90 Å². The Hall–Kier alpha value is -1.99. The number of nitrogens with zero attached hydrogens (tertiary/aromatic N) is 1. The molecule has 0 rings (SSSR count). The van der Waals surface area contributed by atoms with Gasteiger partial charge < -0.3 is 30.9 Å². The van der Waals surface area contributed by atoms with Gasteiger partial charge in [0.05, 0.1) is 25.0 Å². The van der Waals surface area contributed by atoms with Gasteiger partial charge in [-0.1, -0.05) is 55.2 Å². The van der Waals surface area contributed by atoms with Crippen LogP contribution in [0.2, 0.25) is 51.4 Å². The molecule has 0 aromatic rings. The van der Waals surface area contributed by atoms with E-state index in [0.717, 1.165) is 17.0 Å². The van der Waals surface area contributed by atoms with Crippen LogP contribution in [0.1, 0.15) is 6.42 Å². The summed E-state index contributed by atoms with van der Waals surface area (Å²) in [5.74, 6) is -5.47. The number of carbonyl (C=O) groups excluding carboxylic acids is 4. The van der Waals surface area contributed by atoms with Crippen molar-refractivity contribution in [3.05, 3.63) is 0 Å². The number of carbonyl (C=O) groups is 5. The molecule has 5 N–H and O–H groups in total. The lowest BCUT2D eigenvalue weighted by Gasteiger charge is -2.30. The monoisotopic (exact) mass is 653 g/mol. The van der Waals surface area contributed by atoms with Crippen molar-refractivity contribution in [2.24, 2.45) is 11.5 Å². The molecule has 0 aliphatic rings. The van der Waals surface area contributed by atoms with E-state index in [4.69, 9.17) is 30.8 Å². The van der Waals surface area contributed by atoms with Crippen molar-refractivity contribution >= 4 is 61.8 Å². The Bertz CT molecular complexity index is 821. The molecule has 17 heteroatoms. The van der Waals surface area contributed by atoms with Gasteiger partial charge >= 0.3 is 24.1 Å². The maximum Gasteiger partial charge on any atom is 0.490 e. The Morgan fingerprint density at radius 3 is 1.71 bits per heavy atom. The lowest BCUT2D eigenvalue weighted by molar-refractivity contribution is -0.192. The lowest BCUT2D eigenvalue weighted by Crippen LogP contribution is -2.55. The number of hydrogen-bond acceptors (Lipinski definition) is 8. The Labute approximate surface area is 230 Å². The first kappa shape index (κ1) is 38.2. The average molecular weight is 655 g/mol. The molecular formula is C21H39BrF3N3O8Si2. The third kappa shape index (κ3) is 19.1. The predicted molar refractivity (Wildman–Crippen MR) is 143 cm³/mol. The van der Waals surface area contributed by atoms with E-state index < -0.39 is 70.6 Å².